The first kappa shape index (κ1) is 19.3. The molecule has 2 amide bonds. The zero-order chi connectivity index (χ0) is 21.1. The third kappa shape index (κ3) is 3.90. The van der Waals surface area contributed by atoms with Crippen molar-refractivity contribution < 1.29 is 14.3 Å². The predicted molar refractivity (Wildman–Crippen MR) is 108 cm³/mol. The Kier molecular flexibility index (Phi) is 5.24. The van der Waals surface area contributed by atoms with Crippen molar-refractivity contribution in [2.75, 3.05) is 24.8 Å². The van der Waals surface area contributed by atoms with Gasteiger partial charge in [0, 0.05) is 19.2 Å². The molecule has 1 fully saturated rings. The Labute approximate surface area is 171 Å². The van der Waals surface area contributed by atoms with E-state index in [4.69, 9.17) is 4.74 Å². The zero-order valence-corrected chi connectivity index (χ0v) is 16.4. The number of ether oxygens (including phenoxy) is 1. The lowest BCUT2D eigenvalue weighted by molar-refractivity contribution is -0.117. The van der Waals surface area contributed by atoms with Crippen molar-refractivity contribution >= 4 is 29.3 Å². The molecule has 0 saturated heterocycles. The molecule has 1 saturated carbocycles. The number of para-hydroxylation sites is 1. The van der Waals surface area contributed by atoms with Gasteiger partial charge in [0.15, 0.2) is 11.6 Å². The summed E-state index contributed by atoms with van der Waals surface area (Å²) in [6.07, 6.45) is 4.49. The molecular formula is C19H20N8O3. The van der Waals surface area contributed by atoms with Crippen LogP contribution in [-0.4, -0.2) is 51.1 Å². The van der Waals surface area contributed by atoms with Crippen molar-refractivity contribution in [2.24, 2.45) is 5.92 Å². The van der Waals surface area contributed by atoms with E-state index in [-0.39, 0.29) is 35.1 Å². The first-order valence-electron chi connectivity index (χ1n) is 9.30. The maximum absolute atomic E-state index is 12.3. The van der Waals surface area contributed by atoms with Gasteiger partial charge in [0.2, 0.25) is 11.9 Å². The first-order chi connectivity index (χ1) is 14.6. The summed E-state index contributed by atoms with van der Waals surface area (Å²) in [6, 6.07) is 5.40. The molecule has 30 heavy (non-hydrogen) atoms. The second-order valence-corrected chi connectivity index (χ2v) is 6.64. The number of carbonyl (C=O) groups is 2. The number of amides is 2. The van der Waals surface area contributed by atoms with Gasteiger partial charge in [-0.1, -0.05) is 6.07 Å². The van der Waals surface area contributed by atoms with Crippen LogP contribution in [0.3, 0.4) is 0 Å². The quantitative estimate of drug-likeness (QED) is 0.462. The molecular weight excluding hydrogens is 388 g/mol. The van der Waals surface area contributed by atoms with Gasteiger partial charge in [-0.3, -0.25) is 20.0 Å². The Morgan fingerprint density at radius 2 is 2.07 bits per heavy atom. The van der Waals surface area contributed by atoms with Crippen molar-refractivity contribution in [3.63, 3.8) is 0 Å². The van der Waals surface area contributed by atoms with Gasteiger partial charge < -0.3 is 15.4 Å². The van der Waals surface area contributed by atoms with E-state index in [0.29, 0.717) is 22.8 Å². The van der Waals surface area contributed by atoms with Crippen LogP contribution in [0.4, 0.5) is 17.5 Å². The minimum atomic E-state index is -0.372. The molecule has 4 rings (SSSR count). The normalized spacial score (nSPS) is 12.9. The second kappa shape index (κ2) is 8.15. The molecule has 4 N–H and O–H groups in total. The van der Waals surface area contributed by atoms with Crippen molar-refractivity contribution in [2.45, 2.75) is 12.8 Å². The average molecular weight is 408 g/mol. The summed E-state index contributed by atoms with van der Waals surface area (Å²) in [6.45, 7) is 0. The van der Waals surface area contributed by atoms with Crippen molar-refractivity contribution in [1.29, 1.82) is 0 Å². The topological polar surface area (TPSA) is 147 Å². The lowest BCUT2D eigenvalue weighted by Crippen LogP contribution is -2.22. The van der Waals surface area contributed by atoms with Gasteiger partial charge in [0.05, 0.1) is 18.4 Å². The highest BCUT2D eigenvalue weighted by Gasteiger charge is 2.30. The molecule has 1 aliphatic rings. The predicted octanol–water partition coefficient (Wildman–Crippen LogP) is 1.72. The number of H-pyrrole nitrogens is 1. The molecule has 2 heterocycles. The Hall–Kier alpha value is -4.02. The third-order valence-corrected chi connectivity index (χ3v) is 4.59. The van der Waals surface area contributed by atoms with E-state index < -0.39 is 0 Å². The van der Waals surface area contributed by atoms with Crippen LogP contribution in [0.5, 0.6) is 5.75 Å². The Morgan fingerprint density at radius 1 is 1.23 bits per heavy atom. The number of benzene rings is 1. The maximum atomic E-state index is 12.3. The highest BCUT2D eigenvalue weighted by Crippen LogP contribution is 2.36. The minimum absolute atomic E-state index is 0.00214. The van der Waals surface area contributed by atoms with Gasteiger partial charge in [-0.15, -0.1) is 0 Å². The lowest BCUT2D eigenvalue weighted by Gasteiger charge is -2.16. The fourth-order valence-electron chi connectivity index (χ4n) is 2.90. The maximum Gasteiger partial charge on any atom is 0.256 e. The number of hydrogen-bond acceptors (Lipinski definition) is 8. The highest BCUT2D eigenvalue weighted by atomic mass is 16.5. The number of anilines is 3. The summed E-state index contributed by atoms with van der Waals surface area (Å²) >= 11 is 0. The molecule has 154 valence electrons. The molecule has 0 radical (unpaired) electrons. The average Bonchev–Trinajstić information content (AvgIpc) is 3.48. The van der Waals surface area contributed by atoms with Gasteiger partial charge in [0.1, 0.15) is 17.7 Å². The molecule has 1 aromatic carbocycles. The number of carbonyl (C=O) groups excluding carboxylic acids is 2. The van der Waals surface area contributed by atoms with E-state index in [1.54, 1.807) is 12.1 Å². The number of methoxy groups -OCH3 is 1. The van der Waals surface area contributed by atoms with E-state index in [1.165, 1.54) is 26.7 Å². The summed E-state index contributed by atoms with van der Waals surface area (Å²) in [7, 11) is 3.04. The van der Waals surface area contributed by atoms with Crippen LogP contribution in [0.15, 0.2) is 30.7 Å². The van der Waals surface area contributed by atoms with Crippen LogP contribution in [-0.2, 0) is 4.79 Å². The molecule has 0 bridgehead atoms. The minimum Gasteiger partial charge on any atom is -0.494 e. The Bertz CT molecular complexity index is 1080. The second-order valence-electron chi connectivity index (χ2n) is 6.64. The molecule has 11 nitrogen and oxygen atoms in total. The standard InChI is InChI=1S/C19H20N8O3/c1-20-18(29)12-8-21-19(26-17(28)10-6-7-10)25-16(12)24-13-5-3-4-11(14(13)30-2)15-22-9-23-27-15/h3-5,8-10H,6-7H2,1-2H3,(H,20,29)(H,22,23,27)(H2,21,24,25,26,28). The largest absolute Gasteiger partial charge is 0.494 e. The smallest absolute Gasteiger partial charge is 0.256 e. The zero-order valence-electron chi connectivity index (χ0n) is 16.4. The highest BCUT2D eigenvalue weighted by molar-refractivity contribution is 6.00. The fraction of sp³-hybridized carbons (Fsp3) is 0.263. The van der Waals surface area contributed by atoms with Crippen molar-refractivity contribution in [1.82, 2.24) is 30.5 Å². The van der Waals surface area contributed by atoms with Crippen LogP contribution in [0, 0.1) is 5.92 Å². The van der Waals surface area contributed by atoms with E-state index in [0.717, 1.165) is 12.8 Å². The molecule has 0 unspecified atom stereocenters. The van der Waals surface area contributed by atoms with Crippen LogP contribution in [0.1, 0.15) is 23.2 Å². The summed E-state index contributed by atoms with van der Waals surface area (Å²) in [5, 5.41) is 15.0. The number of aromatic nitrogens is 5. The number of nitrogens with zero attached hydrogens (tertiary/aromatic N) is 4. The van der Waals surface area contributed by atoms with Gasteiger partial charge in [-0.2, -0.15) is 10.1 Å². The van der Waals surface area contributed by atoms with E-state index in [9.17, 15) is 9.59 Å². The number of nitrogens with one attached hydrogen (secondary N) is 4. The molecule has 3 aromatic rings. The third-order valence-electron chi connectivity index (χ3n) is 4.59. The number of rotatable bonds is 7. The summed E-state index contributed by atoms with van der Waals surface area (Å²) in [5.74, 6) is 0.862. The molecule has 1 aliphatic carbocycles. The summed E-state index contributed by atoms with van der Waals surface area (Å²) in [4.78, 5) is 37.0. The summed E-state index contributed by atoms with van der Waals surface area (Å²) in [5.41, 5.74) is 1.45. The number of aromatic amines is 1. The molecule has 0 spiro atoms. The number of hydrogen-bond donors (Lipinski definition) is 4. The molecule has 2 aromatic heterocycles. The van der Waals surface area contributed by atoms with Crippen LogP contribution < -0.4 is 20.7 Å². The Morgan fingerprint density at radius 3 is 2.73 bits per heavy atom. The van der Waals surface area contributed by atoms with Gasteiger partial charge >= 0.3 is 0 Å². The fourth-order valence-corrected chi connectivity index (χ4v) is 2.90. The monoisotopic (exact) mass is 408 g/mol. The van der Waals surface area contributed by atoms with E-state index >= 15 is 0 Å². The van der Waals surface area contributed by atoms with Crippen LogP contribution >= 0.6 is 0 Å². The molecule has 0 aliphatic heterocycles. The SMILES string of the molecule is CNC(=O)c1cnc(NC(=O)C2CC2)nc1Nc1cccc(-c2ncn[nH]2)c1OC. The van der Waals surface area contributed by atoms with E-state index in [2.05, 4.69) is 41.1 Å². The lowest BCUT2D eigenvalue weighted by atomic mass is 10.1. The molecule has 0 atom stereocenters. The van der Waals surface area contributed by atoms with Gasteiger partial charge in [0.25, 0.3) is 5.91 Å². The van der Waals surface area contributed by atoms with E-state index in [1.807, 2.05) is 6.07 Å². The molecule has 11 heteroatoms. The van der Waals surface area contributed by atoms with Gasteiger partial charge in [-0.25, -0.2) is 9.97 Å². The van der Waals surface area contributed by atoms with Crippen LogP contribution in [0.25, 0.3) is 11.4 Å². The first-order valence-corrected chi connectivity index (χ1v) is 9.30. The van der Waals surface area contributed by atoms with Gasteiger partial charge in [-0.05, 0) is 25.0 Å². The van der Waals surface area contributed by atoms with Crippen molar-refractivity contribution in [3.8, 4) is 17.1 Å². The Balaban J connectivity index is 1.71. The van der Waals surface area contributed by atoms with Crippen LogP contribution in [0.2, 0.25) is 0 Å². The van der Waals surface area contributed by atoms with Crippen molar-refractivity contribution in [3.05, 3.63) is 36.3 Å². The summed E-state index contributed by atoms with van der Waals surface area (Å²) < 4.78 is 5.57.